The highest BCUT2D eigenvalue weighted by molar-refractivity contribution is 4.93. The van der Waals surface area contributed by atoms with E-state index in [0.29, 0.717) is 17.3 Å². The quantitative estimate of drug-likeness (QED) is 0.847. The van der Waals surface area contributed by atoms with Gasteiger partial charge >= 0.3 is 0 Å². The number of aliphatic hydroxyl groups is 1. The molecule has 2 saturated heterocycles. The van der Waals surface area contributed by atoms with Crippen LogP contribution in [0.4, 0.5) is 0 Å². The van der Waals surface area contributed by atoms with Gasteiger partial charge in [0.05, 0.1) is 11.7 Å². The minimum Gasteiger partial charge on any atom is -0.393 e. The van der Waals surface area contributed by atoms with E-state index in [9.17, 15) is 5.11 Å². The van der Waals surface area contributed by atoms with Crippen LogP contribution in [0.25, 0.3) is 0 Å². The molecular weight excluding hydrogens is 264 g/mol. The summed E-state index contributed by atoms with van der Waals surface area (Å²) < 4.78 is 11.6. The van der Waals surface area contributed by atoms with Crippen LogP contribution in [0.1, 0.15) is 65.2 Å². The van der Waals surface area contributed by atoms with E-state index in [1.165, 1.54) is 25.7 Å². The molecule has 1 spiro atoms. The smallest absolute Gasteiger partial charge is 0.0730 e. The Hall–Kier alpha value is -0.120. The van der Waals surface area contributed by atoms with E-state index in [1.807, 2.05) is 0 Å². The zero-order chi connectivity index (χ0) is 14.9. The van der Waals surface area contributed by atoms with Gasteiger partial charge in [-0.15, -0.1) is 0 Å². The summed E-state index contributed by atoms with van der Waals surface area (Å²) in [4.78, 5) is 0. The monoisotopic (exact) mass is 296 g/mol. The second-order valence-electron chi connectivity index (χ2n) is 8.39. The van der Waals surface area contributed by atoms with Crippen LogP contribution in [0.5, 0.6) is 0 Å². The second-order valence-corrected chi connectivity index (χ2v) is 8.39. The Morgan fingerprint density at radius 2 is 1.57 bits per heavy atom. The molecule has 1 saturated carbocycles. The number of hydrogen-bond donors (Lipinski definition) is 1. The van der Waals surface area contributed by atoms with Gasteiger partial charge in [-0.05, 0) is 68.6 Å². The van der Waals surface area contributed by atoms with Crippen LogP contribution >= 0.6 is 0 Å². The molecule has 0 bridgehead atoms. The molecule has 122 valence electrons. The Bertz CT molecular complexity index is 331. The van der Waals surface area contributed by atoms with Crippen molar-refractivity contribution < 1.29 is 14.6 Å². The third kappa shape index (κ3) is 3.62. The van der Waals surface area contributed by atoms with Gasteiger partial charge in [-0.25, -0.2) is 0 Å². The standard InChI is InChI=1S/C18H32O3/c1-17(2)6-3-14(4-7-17)16(19)15-5-10-21-18(13-15)8-11-20-12-9-18/h14-16,19H,3-13H2,1-2H3. The van der Waals surface area contributed by atoms with Gasteiger partial charge in [0.25, 0.3) is 0 Å². The molecule has 2 aliphatic heterocycles. The lowest BCUT2D eigenvalue weighted by molar-refractivity contribution is -0.164. The molecule has 2 atom stereocenters. The Morgan fingerprint density at radius 3 is 2.24 bits per heavy atom. The average molecular weight is 296 g/mol. The second kappa shape index (κ2) is 6.17. The van der Waals surface area contributed by atoms with Crippen molar-refractivity contribution in [3.05, 3.63) is 0 Å². The summed E-state index contributed by atoms with van der Waals surface area (Å²) in [5, 5.41) is 10.9. The lowest BCUT2D eigenvalue weighted by Crippen LogP contribution is -2.48. The van der Waals surface area contributed by atoms with Gasteiger partial charge in [-0.1, -0.05) is 13.8 Å². The van der Waals surface area contributed by atoms with Gasteiger partial charge < -0.3 is 14.6 Å². The first-order valence-electron chi connectivity index (χ1n) is 8.90. The highest BCUT2D eigenvalue weighted by Crippen LogP contribution is 2.44. The Labute approximate surface area is 129 Å². The van der Waals surface area contributed by atoms with Crippen LogP contribution in [0.15, 0.2) is 0 Å². The van der Waals surface area contributed by atoms with Crippen LogP contribution in [-0.2, 0) is 9.47 Å². The highest BCUT2D eigenvalue weighted by Gasteiger charge is 2.43. The van der Waals surface area contributed by atoms with E-state index < -0.39 is 0 Å². The van der Waals surface area contributed by atoms with Gasteiger partial charge in [-0.3, -0.25) is 0 Å². The molecule has 1 N–H and O–H groups in total. The fourth-order valence-corrected chi connectivity index (χ4v) is 4.60. The molecule has 3 rings (SSSR count). The van der Waals surface area contributed by atoms with Crippen LogP contribution in [0.3, 0.4) is 0 Å². The van der Waals surface area contributed by atoms with Gasteiger partial charge in [-0.2, -0.15) is 0 Å². The lowest BCUT2D eigenvalue weighted by atomic mass is 9.68. The minimum absolute atomic E-state index is 0.0100. The molecule has 2 heterocycles. The van der Waals surface area contributed by atoms with Crippen molar-refractivity contribution in [2.45, 2.75) is 76.9 Å². The van der Waals surface area contributed by atoms with Gasteiger partial charge in [0.1, 0.15) is 0 Å². The third-order valence-corrected chi connectivity index (χ3v) is 6.28. The molecule has 0 aromatic rings. The van der Waals surface area contributed by atoms with Gasteiger partial charge in [0, 0.05) is 19.8 Å². The molecule has 0 aromatic heterocycles. The van der Waals surface area contributed by atoms with Crippen LogP contribution in [-0.4, -0.2) is 36.6 Å². The Morgan fingerprint density at radius 1 is 0.905 bits per heavy atom. The van der Waals surface area contributed by atoms with Crippen molar-refractivity contribution >= 4 is 0 Å². The van der Waals surface area contributed by atoms with Crippen molar-refractivity contribution in [1.82, 2.24) is 0 Å². The molecule has 21 heavy (non-hydrogen) atoms. The van der Waals surface area contributed by atoms with Gasteiger partial charge in [0.15, 0.2) is 0 Å². The number of aliphatic hydroxyl groups excluding tert-OH is 1. The summed E-state index contributed by atoms with van der Waals surface area (Å²) >= 11 is 0. The first-order valence-corrected chi connectivity index (χ1v) is 8.90. The summed E-state index contributed by atoms with van der Waals surface area (Å²) in [6, 6.07) is 0. The lowest BCUT2D eigenvalue weighted by Gasteiger charge is -2.46. The normalized spacial score (nSPS) is 34.7. The molecular formula is C18H32O3. The van der Waals surface area contributed by atoms with Crippen LogP contribution < -0.4 is 0 Å². The van der Waals surface area contributed by atoms with Crippen molar-refractivity contribution in [1.29, 1.82) is 0 Å². The largest absolute Gasteiger partial charge is 0.393 e. The topological polar surface area (TPSA) is 38.7 Å². The van der Waals surface area contributed by atoms with Crippen LogP contribution in [0, 0.1) is 17.3 Å². The van der Waals surface area contributed by atoms with E-state index in [4.69, 9.17) is 9.47 Å². The molecule has 3 fully saturated rings. The average Bonchev–Trinajstić information content (AvgIpc) is 2.47. The summed E-state index contributed by atoms with van der Waals surface area (Å²) in [5.41, 5.74) is 0.490. The zero-order valence-corrected chi connectivity index (χ0v) is 13.8. The SMILES string of the molecule is CC1(C)CCC(C(O)C2CCOC3(CCOCC3)C2)CC1. The maximum Gasteiger partial charge on any atom is 0.0730 e. The van der Waals surface area contributed by atoms with Crippen molar-refractivity contribution in [2.24, 2.45) is 17.3 Å². The molecule has 2 unspecified atom stereocenters. The van der Waals surface area contributed by atoms with Crippen LogP contribution in [0.2, 0.25) is 0 Å². The molecule has 3 nitrogen and oxygen atoms in total. The van der Waals surface area contributed by atoms with Gasteiger partial charge in [0.2, 0.25) is 0 Å². The molecule has 1 aliphatic carbocycles. The predicted octanol–water partition coefficient (Wildman–Crippen LogP) is 3.54. The van der Waals surface area contributed by atoms with E-state index in [0.717, 1.165) is 45.5 Å². The maximum absolute atomic E-state index is 10.9. The Balaban J connectivity index is 1.58. The van der Waals surface area contributed by atoms with Crippen molar-refractivity contribution in [3.63, 3.8) is 0 Å². The molecule has 0 amide bonds. The fourth-order valence-electron chi connectivity index (χ4n) is 4.60. The summed E-state index contributed by atoms with van der Waals surface area (Å²) in [5.74, 6) is 0.945. The Kier molecular flexibility index (Phi) is 4.63. The highest BCUT2D eigenvalue weighted by atomic mass is 16.5. The van der Waals surface area contributed by atoms with Crippen molar-refractivity contribution in [3.8, 4) is 0 Å². The van der Waals surface area contributed by atoms with E-state index in [-0.39, 0.29) is 11.7 Å². The molecule has 0 radical (unpaired) electrons. The third-order valence-electron chi connectivity index (χ3n) is 6.28. The minimum atomic E-state index is -0.121. The van der Waals surface area contributed by atoms with E-state index >= 15 is 0 Å². The number of ether oxygens (including phenoxy) is 2. The molecule has 3 heteroatoms. The van der Waals surface area contributed by atoms with E-state index in [1.54, 1.807) is 0 Å². The van der Waals surface area contributed by atoms with E-state index in [2.05, 4.69) is 13.8 Å². The zero-order valence-electron chi connectivity index (χ0n) is 13.8. The van der Waals surface area contributed by atoms with Crippen molar-refractivity contribution in [2.75, 3.05) is 19.8 Å². The number of hydrogen-bond acceptors (Lipinski definition) is 3. The summed E-state index contributed by atoms with van der Waals surface area (Å²) in [6.45, 7) is 7.18. The first kappa shape index (κ1) is 15.8. The summed E-state index contributed by atoms with van der Waals surface area (Å²) in [6.07, 6.45) is 8.88. The number of rotatable bonds is 2. The predicted molar refractivity (Wildman–Crippen MR) is 83.2 cm³/mol. The molecule has 0 aromatic carbocycles. The molecule has 3 aliphatic rings. The fraction of sp³-hybridized carbons (Fsp3) is 1.00. The maximum atomic E-state index is 10.9. The summed E-state index contributed by atoms with van der Waals surface area (Å²) in [7, 11) is 0. The first-order chi connectivity index (χ1) is 10.00.